The second kappa shape index (κ2) is 6.79. The van der Waals surface area contributed by atoms with Gasteiger partial charge in [-0.25, -0.2) is 4.79 Å². The van der Waals surface area contributed by atoms with Crippen LogP contribution in [0.2, 0.25) is 0 Å². The van der Waals surface area contributed by atoms with Gasteiger partial charge in [-0.05, 0) is 55.8 Å². The first kappa shape index (κ1) is 14.9. The van der Waals surface area contributed by atoms with E-state index < -0.39 is 5.97 Å². The number of carbonyl (C=O) groups excluding carboxylic acids is 1. The molecule has 0 aromatic heterocycles. The first-order valence-electron chi connectivity index (χ1n) is 6.73. The van der Waals surface area contributed by atoms with Crippen LogP contribution in [0.25, 0.3) is 0 Å². The van der Waals surface area contributed by atoms with Gasteiger partial charge in [0.25, 0.3) is 0 Å². The zero-order valence-corrected chi connectivity index (χ0v) is 12.4. The van der Waals surface area contributed by atoms with Gasteiger partial charge in [0.1, 0.15) is 5.75 Å². The number of esters is 1. The molecule has 0 fully saturated rings. The Kier molecular flexibility index (Phi) is 4.82. The minimum atomic E-state index is -0.428. The molecule has 0 aliphatic carbocycles. The number of aryl methyl sites for hydroxylation is 1. The van der Waals surface area contributed by atoms with Gasteiger partial charge in [0.15, 0.2) is 11.5 Å². The van der Waals surface area contributed by atoms with E-state index in [0.717, 1.165) is 5.56 Å². The number of rotatable bonds is 5. The average molecular weight is 286 g/mol. The Bertz CT molecular complexity index is 617. The lowest BCUT2D eigenvalue weighted by molar-refractivity contribution is 0.0728. The topological polar surface area (TPSA) is 44.8 Å². The molecule has 2 rings (SSSR count). The van der Waals surface area contributed by atoms with Gasteiger partial charge in [0.05, 0.1) is 19.3 Å². The molecule has 0 radical (unpaired) electrons. The van der Waals surface area contributed by atoms with Crippen LogP contribution >= 0.6 is 0 Å². The van der Waals surface area contributed by atoms with Crippen molar-refractivity contribution in [2.45, 2.75) is 13.8 Å². The zero-order valence-electron chi connectivity index (χ0n) is 12.4. The third kappa shape index (κ3) is 3.75. The van der Waals surface area contributed by atoms with Gasteiger partial charge in [-0.3, -0.25) is 0 Å². The molecular weight excluding hydrogens is 268 g/mol. The first-order valence-corrected chi connectivity index (χ1v) is 6.73. The summed E-state index contributed by atoms with van der Waals surface area (Å²) in [6, 6.07) is 12.2. The van der Waals surface area contributed by atoms with Crippen LogP contribution in [0.5, 0.6) is 17.2 Å². The summed E-state index contributed by atoms with van der Waals surface area (Å²) in [7, 11) is 1.58. The van der Waals surface area contributed by atoms with E-state index >= 15 is 0 Å². The molecule has 0 aliphatic rings. The smallest absolute Gasteiger partial charge is 0.343 e. The molecule has 4 heteroatoms. The molecule has 0 heterocycles. The fourth-order valence-electron chi connectivity index (χ4n) is 1.85. The van der Waals surface area contributed by atoms with Crippen molar-refractivity contribution in [2.75, 3.05) is 13.7 Å². The normalized spacial score (nSPS) is 10.0. The van der Waals surface area contributed by atoms with Gasteiger partial charge in [-0.1, -0.05) is 6.07 Å². The van der Waals surface area contributed by atoms with Crippen molar-refractivity contribution < 1.29 is 19.0 Å². The van der Waals surface area contributed by atoms with Crippen LogP contribution in [0.3, 0.4) is 0 Å². The van der Waals surface area contributed by atoms with E-state index in [-0.39, 0.29) is 0 Å². The Morgan fingerprint density at radius 1 is 1.05 bits per heavy atom. The van der Waals surface area contributed by atoms with Crippen LogP contribution in [-0.4, -0.2) is 19.7 Å². The SMILES string of the molecule is CCOc1cc(C)ccc1OC(=O)c1ccc(OC)cc1. The molecule has 0 aliphatic heterocycles. The summed E-state index contributed by atoms with van der Waals surface area (Å²) < 4.78 is 16.0. The van der Waals surface area contributed by atoms with Gasteiger partial charge < -0.3 is 14.2 Å². The summed E-state index contributed by atoms with van der Waals surface area (Å²) in [5.74, 6) is 1.25. The summed E-state index contributed by atoms with van der Waals surface area (Å²) in [6.07, 6.45) is 0. The highest BCUT2D eigenvalue weighted by Crippen LogP contribution is 2.29. The molecule has 0 N–H and O–H groups in total. The minimum absolute atomic E-state index is 0.420. The molecule has 0 amide bonds. The maximum atomic E-state index is 12.1. The molecule has 0 atom stereocenters. The van der Waals surface area contributed by atoms with Crippen LogP contribution in [0.15, 0.2) is 42.5 Å². The maximum Gasteiger partial charge on any atom is 0.343 e. The van der Waals surface area contributed by atoms with E-state index in [1.165, 1.54) is 0 Å². The van der Waals surface area contributed by atoms with E-state index in [2.05, 4.69) is 0 Å². The molecule has 2 aromatic carbocycles. The standard InChI is InChI=1S/C17H18O4/c1-4-20-16-11-12(2)5-10-15(16)21-17(18)13-6-8-14(19-3)9-7-13/h5-11H,4H2,1-3H3. The quantitative estimate of drug-likeness (QED) is 0.622. The Morgan fingerprint density at radius 2 is 1.76 bits per heavy atom. The van der Waals surface area contributed by atoms with Crippen molar-refractivity contribution in [3.63, 3.8) is 0 Å². The highest BCUT2D eigenvalue weighted by Gasteiger charge is 2.12. The van der Waals surface area contributed by atoms with Gasteiger partial charge in [-0.15, -0.1) is 0 Å². The summed E-state index contributed by atoms with van der Waals surface area (Å²) in [4.78, 5) is 12.1. The van der Waals surface area contributed by atoms with E-state index in [1.807, 2.05) is 26.0 Å². The highest BCUT2D eigenvalue weighted by molar-refractivity contribution is 5.91. The van der Waals surface area contributed by atoms with Crippen LogP contribution in [0.4, 0.5) is 0 Å². The fraction of sp³-hybridized carbons (Fsp3) is 0.235. The lowest BCUT2D eigenvalue weighted by Gasteiger charge is -2.11. The molecule has 0 saturated carbocycles. The highest BCUT2D eigenvalue weighted by atomic mass is 16.6. The Labute approximate surface area is 124 Å². The van der Waals surface area contributed by atoms with Crippen molar-refractivity contribution in [1.82, 2.24) is 0 Å². The van der Waals surface area contributed by atoms with Crippen molar-refractivity contribution in [1.29, 1.82) is 0 Å². The summed E-state index contributed by atoms with van der Waals surface area (Å²) in [5.41, 5.74) is 1.50. The number of carbonyl (C=O) groups is 1. The summed E-state index contributed by atoms with van der Waals surface area (Å²) >= 11 is 0. The van der Waals surface area contributed by atoms with Crippen molar-refractivity contribution in [2.24, 2.45) is 0 Å². The Hall–Kier alpha value is -2.49. The van der Waals surface area contributed by atoms with Crippen LogP contribution in [0.1, 0.15) is 22.8 Å². The number of ether oxygens (including phenoxy) is 3. The number of hydrogen-bond acceptors (Lipinski definition) is 4. The molecule has 4 nitrogen and oxygen atoms in total. The number of methoxy groups -OCH3 is 1. The van der Waals surface area contributed by atoms with Gasteiger partial charge in [0, 0.05) is 0 Å². The molecule has 110 valence electrons. The van der Waals surface area contributed by atoms with Gasteiger partial charge >= 0.3 is 5.97 Å². The molecule has 2 aromatic rings. The summed E-state index contributed by atoms with van der Waals surface area (Å²) in [5, 5.41) is 0. The van der Waals surface area contributed by atoms with Crippen molar-refractivity contribution in [3.8, 4) is 17.2 Å². The average Bonchev–Trinajstić information content (AvgIpc) is 2.50. The predicted molar refractivity (Wildman–Crippen MR) is 80.3 cm³/mol. The lowest BCUT2D eigenvalue weighted by atomic mass is 10.2. The van der Waals surface area contributed by atoms with E-state index in [4.69, 9.17) is 14.2 Å². The third-order valence-corrected chi connectivity index (χ3v) is 2.93. The van der Waals surface area contributed by atoms with Crippen LogP contribution in [-0.2, 0) is 0 Å². The van der Waals surface area contributed by atoms with E-state index in [9.17, 15) is 4.79 Å². The summed E-state index contributed by atoms with van der Waals surface area (Å²) in [6.45, 7) is 4.35. The van der Waals surface area contributed by atoms with Crippen molar-refractivity contribution in [3.05, 3.63) is 53.6 Å². The van der Waals surface area contributed by atoms with Crippen molar-refractivity contribution >= 4 is 5.97 Å². The third-order valence-electron chi connectivity index (χ3n) is 2.93. The monoisotopic (exact) mass is 286 g/mol. The molecule has 0 saturated heterocycles. The molecule has 21 heavy (non-hydrogen) atoms. The fourth-order valence-corrected chi connectivity index (χ4v) is 1.85. The maximum absolute atomic E-state index is 12.1. The molecule has 0 bridgehead atoms. The number of hydrogen-bond donors (Lipinski definition) is 0. The van der Waals surface area contributed by atoms with E-state index in [0.29, 0.717) is 29.4 Å². The Balaban J connectivity index is 2.18. The second-order valence-corrected chi connectivity index (χ2v) is 4.50. The molecular formula is C17H18O4. The van der Waals surface area contributed by atoms with E-state index in [1.54, 1.807) is 37.4 Å². The van der Waals surface area contributed by atoms with Gasteiger partial charge in [0.2, 0.25) is 0 Å². The van der Waals surface area contributed by atoms with Crippen LogP contribution < -0.4 is 14.2 Å². The second-order valence-electron chi connectivity index (χ2n) is 4.50. The molecule has 0 unspecified atom stereocenters. The zero-order chi connectivity index (χ0) is 15.2. The lowest BCUT2D eigenvalue weighted by Crippen LogP contribution is -2.09. The minimum Gasteiger partial charge on any atom is -0.497 e. The van der Waals surface area contributed by atoms with Crippen LogP contribution in [0, 0.1) is 6.92 Å². The first-order chi connectivity index (χ1) is 10.1. The molecule has 0 spiro atoms. The predicted octanol–water partition coefficient (Wildman–Crippen LogP) is 3.62. The number of benzene rings is 2. The van der Waals surface area contributed by atoms with Gasteiger partial charge in [-0.2, -0.15) is 0 Å². The Morgan fingerprint density at radius 3 is 2.38 bits per heavy atom. The largest absolute Gasteiger partial charge is 0.497 e.